The van der Waals surface area contributed by atoms with Crippen LogP contribution < -0.4 is 5.32 Å². The van der Waals surface area contributed by atoms with Crippen molar-refractivity contribution >= 4 is 36.0 Å². The predicted octanol–water partition coefficient (Wildman–Crippen LogP) is 3.49. The number of hydrogen-bond donors (Lipinski definition) is 1. The Kier molecular flexibility index (Phi) is 11.2. The van der Waals surface area contributed by atoms with Gasteiger partial charge >= 0.3 is 6.09 Å². The average molecular weight is 538 g/mol. The smallest absolute Gasteiger partial charge is 0.410 e. The molecule has 2 fully saturated rings. The fourth-order valence-corrected chi connectivity index (χ4v) is 4.08. The highest BCUT2D eigenvalue weighted by Gasteiger charge is 2.33. The predicted molar refractivity (Wildman–Crippen MR) is 135 cm³/mol. The van der Waals surface area contributed by atoms with E-state index in [1.807, 2.05) is 39.6 Å². The van der Waals surface area contributed by atoms with Gasteiger partial charge < -0.3 is 24.8 Å². The lowest BCUT2D eigenvalue weighted by molar-refractivity contribution is 0.0214. The Hall–Kier alpha value is -0.770. The standard InChI is InChI=1S/C22H43N5O2.HI/c1-8-26(21(28)29-22(2,3)4)16-17-11-13-27(14-12-17)20(23-5)24-15-19(25(6)7)18-9-10-18;/h17-19H,8-16H2,1-7H3,(H,23,24);1H. The van der Waals surface area contributed by atoms with Gasteiger partial charge in [-0.3, -0.25) is 4.99 Å². The molecule has 0 aromatic heterocycles. The van der Waals surface area contributed by atoms with Gasteiger partial charge in [0.05, 0.1) is 0 Å². The van der Waals surface area contributed by atoms with Gasteiger partial charge in [0.15, 0.2) is 5.96 Å². The van der Waals surface area contributed by atoms with Gasteiger partial charge in [-0.25, -0.2) is 4.79 Å². The maximum Gasteiger partial charge on any atom is 0.410 e. The van der Waals surface area contributed by atoms with Crippen LogP contribution in [0.15, 0.2) is 4.99 Å². The zero-order valence-electron chi connectivity index (χ0n) is 20.1. The number of likely N-dealkylation sites (N-methyl/N-ethyl adjacent to an activating group) is 1. The lowest BCUT2D eigenvalue weighted by atomic mass is 9.96. The Morgan fingerprint density at radius 3 is 2.23 bits per heavy atom. The topological polar surface area (TPSA) is 60.4 Å². The molecule has 1 unspecified atom stereocenters. The van der Waals surface area contributed by atoms with Gasteiger partial charge in [-0.2, -0.15) is 0 Å². The van der Waals surface area contributed by atoms with Crippen LogP contribution in [0.2, 0.25) is 0 Å². The number of guanidine groups is 1. The maximum absolute atomic E-state index is 12.4. The van der Waals surface area contributed by atoms with E-state index in [0.29, 0.717) is 18.5 Å². The normalized spacial score (nSPS) is 19.3. The molecule has 2 aliphatic rings. The molecule has 0 bridgehead atoms. The molecule has 0 spiro atoms. The molecule has 0 aromatic rings. The van der Waals surface area contributed by atoms with E-state index in [2.05, 4.69) is 34.2 Å². The summed E-state index contributed by atoms with van der Waals surface area (Å²) in [6.45, 7) is 12.1. The van der Waals surface area contributed by atoms with Crippen LogP contribution in [0.4, 0.5) is 4.79 Å². The summed E-state index contributed by atoms with van der Waals surface area (Å²) in [5, 5.41) is 3.60. The quantitative estimate of drug-likeness (QED) is 0.306. The number of ether oxygens (including phenoxy) is 1. The average Bonchev–Trinajstić information content (AvgIpc) is 3.47. The van der Waals surface area contributed by atoms with E-state index in [1.165, 1.54) is 12.8 Å². The van der Waals surface area contributed by atoms with Crippen LogP contribution in [-0.4, -0.2) is 92.3 Å². The van der Waals surface area contributed by atoms with Crippen molar-refractivity contribution in [2.24, 2.45) is 16.8 Å². The van der Waals surface area contributed by atoms with Crippen molar-refractivity contribution in [2.75, 3.05) is 53.9 Å². The molecular formula is C22H44IN5O2. The van der Waals surface area contributed by atoms with Crippen molar-refractivity contribution in [3.8, 4) is 0 Å². The third kappa shape index (κ3) is 8.77. The molecule has 0 aromatic carbocycles. The first kappa shape index (κ1) is 27.3. The van der Waals surface area contributed by atoms with Crippen LogP contribution in [0.1, 0.15) is 53.4 Å². The zero-order valence-corrected chi connectivity index (χ0v) is 22.4. The van der Waals surface area contributed by atoms with Crippen LogP contribution in [0.25, 0.3) is 0 Å². The van der Waals surface area contributed by atoms with E-state index < -0.39 is 5.60 Å². The minimum atomic E-state index is -0.448. The van der Waals surface area contributed by atoms with Crippen LogP contribution in [0.5, 0.6) is 0 Å². The molecular weight excluding hydrogens is 493 g/mol. The molecule has 1 saturated heterocycles. The Morgan fingerprint density at radius 1 is 1.20 bits per heavy atom. The number of likely N-dealkylation sites (tertiary alicyclic amines) is 1. The van der Waals surface area contributed by atoms with Gasteiger partial charge in [-0.05, 0) is 79.3 Å². The van der Waals surface area contributed by atoms with Gasteiger partial charge in [0.2, 0.25) is 0 Å². The number of nitrogens with zero attached hydrogens (tertiary/aromatic N) is 4. The molecule has 1 aliphatic heterocycles. The van der Waals surface area contributed by atoms with Gasteiger partial charge in [-0.15, -0.1) is 24.0 Å². The van der Waals surface area contributed by atoms with E-state index in [1.54, 1.807) is 0 Å². The van der Waals surface area contributed by atoms with Crippen LogP contribution in [0.3, 0.4) is 0 Å². The highest BCUT2D eigenvalue weighted by Crippen LogP contribution is 2.34. The van der Waals surface area contributed by atoms with E-state index in [-0.39, 0.29) is 30.1 Å². The second kappa shape index (κ2) is 12.3. The third-order valence-electron chi connectivity index (χ3n) is 5.94. The monoisotopic (exact) mass is 537 g/mol. The van der Waals surface area contributed by atoms with Crippen LogP contribution >= 0.6 is 24.0 Å². The summed E-state index contributed by atoms with van der Waals surface area (Å²) in [7, 11) is 6.21. The number of nitrogens with one attached hydrogen (secondary N) is 1. The molecule has 1 N–H and O–H groups in total. The Morgan fingerprint density at radius 2 is 1.80 bits per heavy atom. The number of amides is 1. The van der Waals surface area contributed by atoms with Crippen molar-refractivity contribution in [1.29, 1.82) is 0 Å². The molecule has 8 heteroatoms. The molecule has 1 amide bonds. The number of piperidine rings is 1. The fraction of sp³-hybridized carbons (Fsp3) is 0.909. The highest BCUT2D eigenvalue weighted by molar-refractivity contribution is 14.0. The molecule has 1 saturated carbocycles. The summed E-state index contributed by atoms with van der Waals surface area (Å²) in [5.74, 6) is 2.35. The summed E-state index contributed by atoms with van der Waals surface area (Å²) in [6, 6.07) is 0.580. The Bertz CT molecular complexity index is 550. The van der Waals surface area contributed by atoms with Crippen LogP contribution in [0, 0.1) is 11.8 Å². The first-order chi connectivity index (χ1) is 13.6. The molecule has 7 nitrogen and oxygen atoms in total. The number of rotatable bonds is 7. The molecule has 0 radical (unpaired) electrons. The summed E-state index contributed by atoms with van der Waals surface area (Å²) < 4.78 is 5.55. The first-order valence-electron chi connectivity index (χ1n) is 11.2. The SMILES string of the molecule is CCN(CC1CCN(C(=NC)NCC(C2CC2)N(C)C)CC1)C(=O)OC(C)(C)C.I. The van der Waals surface area contributed by atoms with Gasteiger partial charge in [0.25, 0.3) is 0 Å². The zero-order chi connectivity index (χ0) is 21.6. The molecule has 1 atom stereocenters. The van der Waals surface area contributed by atoms with Crippen molar-refractivity contribution in [1.82, 2.24) is 20.0 Å². The largest absolute Gasteiger partial charge is 0.444 e. The minimum absolute atomic E-state index is 0. The number of carbonyl (C=O) groups is 1. The van der Waals surface area contributed by atoms with E-state index in [0.717, 1.165) is 50.9 Å². The minimum Gasteiger partial charge on any atom is -0.444 e. The third-order valence-corrected chi connectivity index (χ3v) is 5.94. The van der Waals surface area contributed by atoms with E-state index in [4.69, 9.17) is 4.74 Å². The number of halogens is 1. The molecule has 30 heavy (non-hydrogen) atoms. The van der Waals surface area contributed by atoms with Crippen molar-refractivity contribution in [2.45, 2.75) is 65.0 Å². The van der Waals surface area contributed by atoms with Crippen LogP contribution in [-0.2, 0) is 4.74 Å². The molecule has 176 valence electrons. The maximum atomic E-state index is 12.4. The second-order valence-electron chi connectivity index (χ2n) is 9.75. The summed E-state index contributed by atoms with van der Waals surface area (Å²) in [5.41, 5.74) is -0.448. The lowest BCUT2D eigenvalue weighted by Crippen LogP contribution is -2.50. The molecule has 1 heterocycles. The van der Waals surface area contributed by atoms with Gasteiger partial charge in [-0.1, -0.05) is 0 Å². The highest BCUT2D eigenvalue weighted by atomic mass is 127. The first-order valence-corrected chi connectivity index (χ1v) is 11.2. The van der Waals surface area contributed by atoms with E-state index >= 15 is 0 Å². The Labute approximate surface area is 201 Å². The number of carbonyl (C=O) groups excluding carboxylic acids is 1. The number of hydrogen-bond acceptors (Lipinski definition) is 4. The second-order valence-corrected chi connectivity index (χ2v) is 9.75. The lowest BCUT2D eigenvalue weighted by Gasteiger charge is -2.37. The summed E-state index contributed by atoms with van der Waals surface area (Å²) in [4.78, 5) is 23.5. The fourth-order valence-electron chi connectivity index (χ4n) is 4.08. The van der Waals surface area contributed by atoms with Gasteiger partial charge in [0.1, 0.15) is 5.60 Å². The molecule has 1 aliphatic carbocycles. The van der Waals surface area contributed by atoms with Crippen molar-refractivity contribution in [3.63, 3.8) is 0 Å². The molecule has 2 rings (SSSR count). The number of aliphatic imine (C=N–C) groups is 1. The Balaban J connectivity index is 0.00000450. The summed E-state index contributed by atoms with van der Waals surface area (Å²) >= 11 is 0. The van der Waals surface area contributed by atoms with Crippen molar-refractivity contribution in [3.05, 3.63) is 0 Å². The summed E-state index contributed by atoms with van der Waals surface area (Å²) in [6.07, 6.45) is 4.63. The van der Waals surface area contributed by atoms with Gasteiger partial charge in [0, 0.05) is 45.8 Å². The van der Waals surface area contributed by atoms with Crippen molar-refractivity contribution < 1.29 is 9.53 Å². The van der Waals surface area contributed by atoms with E-state index in [9.17, 15) is 4.79 Å².